The summed E-state index contributed by atoms with van der Waals surface area (Å²) in [5.41, 5.74) is 0.231. The molecular weight excluding hydrogens is 350 g/mol. The first-order valence-electron chi connectivity index (χ1n) is 9.17. The van der Waals surface area contributed by atoms with Crippen LogP contribution in [0.5, 0.6) is 0 Å². The number of benzene rings is 1. The number of nitrogens with zero attached hydrogens (tertiary/aromatic N) is 2. The number of nitrogens with one attached hydrogen (secondary N) is 1. The topological polar surface area (TPSA) is 102 Å². The van der Waals surface area contributed by atoms with Crippen molar-refractivity contribution in [2.45, 2.75) is 51.7 Å². The van der Waals surface area contributed by atoms with Crippen molar-refractivity contribution in [3.05, 3.63) is 33.9 Å². The van der Waals surface area contributed by atoms with Crippen LogP contribution < -0.4 is 10.2 Å². The van der Waals surface area contributed by atoms with Gasteiger partial charge in [-0.05, 0) is 37.8 Å². The summed E-state index contributed by atoms with van der Waals surface area (Å²) in [6, 6.07) is 4.21. The Hall–Kier alpha value is -2.64. The van der Waals surface area contributed by atoms with Crippen LogP contribution in [0.25, 0.3) is 0 Å². The molecule has 1 aromatic carbocycles. The molecule has 0 radical (unpaired) electrons. The molecule has 0 unspecified atom stereocenters. The second-order valence-corrected chi connectivity index (χ2v) is 7.28. The van der Waals surface area contributed by atoms with Gasteiger partial charge in [-0.2, -0.15) is 0 Å². The SMILES string of the molecule is C[C@@H](OC(=O)c1ccc(N(C)C)c([N+](=O)[O-])c1)C(=O)N[C@H]1CCCC[C@@H]1C. The molecule has 1 aliphatic carbocycles. The number of hydrogen-bond donors (Lipinski definition) is 1. The van der Waals surface area contributed by atoms with Crippen LogP contribution in [-0.2, 0) is 9.53 Å². The molecule has 8 heteroatoms. The van der Waals surface area contributed by atoms with E-state index in [2.05, 4.69) is 12.2 Å². The maximum Gasteiger partial charge on any atom is 0.339 e. The van der Waals surface area contributed by atoms with Gasteiger partial charge in [-0.15, -0.1) is 0 Å². The molecule has 0 spiro atoms. The van der Waals surface area contributed by atoms with Crippen LogP contribution >= 0.6 is 0 Å². The summed E-state index contributed by atoms with van der Waals surface area (Å²) in [5, 5.41) is 14.2. The number of nitro benzene ring substituents is 1. The quantitative estimate of drug-likeness (QED) is 0.465. The van der Waals surface area contributed by atoms with Crippen LogP contribution in [0.15, 0.2) is 18.2 Å². The number of carbonyl (C=O) groups is 2. The highest BCUT2D eigenvalue weighted by molar-refractivity contribution is 5.93. The minimum atomic E-state index is -0.973. The summed E-state index contributed by atoms with van der Waals surface area (Å²) in [5.74, 6) is -0.712. The lowest BCUT2D eigenvalue weighted by Crippen LogP contribution is -2.46. The van der Waals surface area contributed by atoms with Gasteiger partial charge in [-0.25, -0.2) is 4.79 Å². The average molecular weight is 377 g/mol. The number of hydrogen-bond acceptors (Lipinski definition) is 6. The number of esters is 1. The first-order chi connectivity index (χ1) is 12.7. The molecule has 8 nitrogen and oxygen atoms in total. The van der Waals surface area contributed by atoms with Gasteiger partial charge in [-0.3, -0.25) is 14.9 Å². The zero-order valence-electron chi connectivity index (χ0n) is 16.2. The summed E-state index contributed by atoms with van der Waals surface area (Å²) in [7, 11) is 3.36. The minimum absolute atomic E-state index is 0.0398. The molecule has 1 aromatic rings. The molecule has 0 saturated heterocycles. The molecule has 27 heavy (non-hydrogen) atoms. The van der Waals surface area contributed by atoms with E-state index < -0.39 is 17.0 Å². The molecule has 2 rings (SSSR count). The minimum Gasteiger partial charge on any atom is -0.449 e. The Morgan fingerprint density at radius 2 is 1.96 bits per heavy atom. The fourth-order valence-electron chi connectivity index (χ4n) is 3.29. The Morgan fingerprint density at radius 1 is 1.30 bits per heavy atom. The van der Waals surface area contributed by atoms with E-state index in [-0.39, 0.29) is 23.2 Å². The predicted octanol–water partition coefficient (Wildman–Crippen LogP) is 2.90. The smallest absolute Gasteiger partial charge is 0.339 e. The largest absolute Gasteiger partial charge is 0.449 e. The van der Waals surface area contributed by atoms with Gasteiger partial charge in [-0.1, -0.05) is 19.8 Å². The molecule has 1 amide bonds. The van der Waals surface area contributed by atoms with Crippen molar-refractivity contribution in [3.63, 3.8) is 0 Å². The van der Waals surface area contributed by atoms with E-state index in [1.165, 1.54) is 31.5 Å². The zero-order valence-corrected chi connectivity index (χ0v) is 16.2. The molecule has 0 heterocycles. The van der Waals surface area contributed by atoms with E-state index in [9.17, 15) is 19.7 Å². The summed E-state index contributed by atoms with van der Waals surface area (Å²) in [6.07, 6.45) is 3.26. The molecule has 0 bridgehead atoms. The number of rotatable bonds is 6. The normalized spacial score (nSPS) is 20.4. The fraction of sp³-hybridized carbons (Fsp3) is 0.579. The number of carbonyl (C=O) groups excluding carboxylic acids is 2. The molecule has 3 atom stereocenters. The fourth-order valence-corrected chi connectivity index (χ4v) is 3.29. The average Bonchev–Trinajstić information content (AvgIpc) is 2.62. The molecule has 1 fully saturated rings. The van der Waals surface area contributed by atoms with Crippen LogP contribution in [0.4, 0.5) is 11.4 Å². The number of nitro groups is 1. The second-order valence-electron chi connectivity index (χ2n) is 7.28. The third-order valence-corrected chi connectivity index (χ3v) is 4.98. The molecule has 1 saturated carbocycles. The lowest BCUT2D eigenvalue weighted by Gasteiger charge is -2.30. The second kappa shape index (κ2) is 8.83. The number of ether oxygens (including phenoxy) is 1. The predicted molar refractivity (Wildman–Crippen MR) is 102 cm³/mol. The van der Waals surface area contributed by atoms with Crippen LogP contribution in [0, 0.1) is 16.0 Å². The van der Waals surface area contributed by atoms with Crippen LogP contribution in [0.3, 0.4) is 0 Å². The van der Waals surface area contributed by atoms with E-state index in [1.54, 1.807) is 19.0 Å². The highest BCUT2D eigenvalue weighted by atomic mass is 16.6. The molecule has 1 aliphatic rings. The summed E-state index contributed by atoms with van der Waals surface area (Å²) in [6.45, 7) is 3.61. The van der Waals surface area contributed by atoms with E-state index in [0.717, 1.165) is 19.3 Å². The third kappa shape index (κ3) is 5.18. The van der Waals surface area contributed by atoms with E-state index in [1.807, 2.05) is 0 Å². The maximum absolute atomic E-state index is 12.3. The van der Waals surface area contributed by atoms with Gasteiger partial charge in [0, 0.05) is 26.2 Å². The Bertz CT molecular complexity index is 719. The van der Waals surface area contributed by atoms with Crippen molar-refractivity contribution in [3.8, 4) is 0 Å². The highest BCUT2D eigenvalue weighted by Gasteiger charge is 2.27. The summed E-state index contributed by atoms with van der Waals surface area (Å²) < 4.78 is 5.22. The first kappa shape index (κ1) is 20.7. The molecule has 1 N–H and O–H groups in total. The lowest BCUT2D eigenvalue weighted by atomic mass is 9.86. The van der Waals surface area contributed by atoms with Crippen LogP contribution in [-0.4, -0.2) is 43.0 Å². The monoisotopic (exact) mass is 377 g/mol. The van der Waals surface area contributed by atoms with Crippen LogP contribution in [0.2, 0.25) is 0 Å². The van der Waals surface area contributed by atoms with Crippen molar-refractivity contribution < 1.29 is 19.2 Å². The summed E-state index contributed by atoms with van der Waals surface area (Å²) >= 11 is 0. The van der Waals surface area contributed by atoms with Crippen molar-refractivity contribution >= 4 is 23.3 Å². The van der Waals surface area contributed by atoms with E-state index in [4.69, 9.17) is 4.74 Å². The van der Waals surface area contributed by atoms with E-state index in [0.29, 0.717) is 11.6 Å². The van der Waals surface area contributed by atoms with Gasteiger partial charge < -0.3 is 15.0 Å². The first-order valence-corrected chi connectivity index (χ1v) is 9.17. The molecule has 0 aromatic heterocycles. The van der Waals surface area contributed by atoms with Gasteiger partial charge in [0.2, 0.25) is 0 Å². The molecular formula is C19H27N3O5. The Morgan fingerprint density at radius 3 is 2.56 bits per heavy atom. The lowest BCUT2D eigenvalue weighted by molar-refractivity contribution is -0.384. The van der Waals surface area contributed by atoms with Gasteiger partial charge >= 0.3 is 5.97 Å². The Kier molecular flexibility index (Phi) is 6.76. The highest BCUT2D eigenvalue weighted by Crippen LogP contribution is 2.28. The standard InChI is InChI=1S/C19H27N3O5/c1-12-7-5-6-8-15(12)20-18(23)13(2)27-19(24)14-9-10-16(21(3)4)17(11-14)22(25)26/h9-13,15H,5-8H2,1-4H3,(H,20,23)/t12-,13+,15-/m0/s1. The number of amides is 1. The van der Waals surface area contributed by atoms with Gasteiger partial charge in [0.05, 0.1) is 10.5 Å². The number of anilines is 1. The Balaban J connectivity index is 2.04. The molecule has 148 valence electrons. The maximum atomic E-state index is 12.3. The van der Waals surface area contributed by atoms with Crippen molar-refractivity contribution in [2.24, 2.45) is 5.92 Å². The Labute approximate surface area is 159 Å². The van der Waals surface area contributed by atoms with E-state index >= 15 is 0 Å². The van der Waals surface area contributed by atoms with Crippen molar-refractivity contribution in [1.29, 1.82) is 0 Å². The summed E-state index contributed by atoms with van der Waals surface area (Å²) in [4.78, 5) is 37.0. The van der Waals surface area contributed by atoms with Gasteiger partial charge in [0.1, 0.15) is 5.69 Å². The van der Waals surface area contributed by atoms with Gasteiger partial charge in [0.15, 0.2) is 6.10 Å². The molecule has 0 aliphatic heterocycles. The van der Waals surface area contributed by atoms with Crippen molar-refractivity contribution in [1.82, 2.24) is 5.32 Å². The van der Waals surface area contributed by atoms with Crippen molar-refractivity contribution in [2.75, 3.05) is 19.0 Å². The zero-order chi connectivity index (χ0) is 20.1. The third-order valence-electron chi connectivity index (χ3n) is 4.98. The van der Waals surface area contributed by atoms with Gasteiger partial charge in [0.25, 0.3) is 11.6 Å². The van der Waals surface area contributed by atoms with Crippen LogP contribution in [0.1, 0.15) is 49.9 Å².